The number of fused-ring (bicyclic) bond motifs is 1. The molecule has 0 aliphatic carbocycles. The minimum atomic E-state index is -0.288. The number of nitrogens with one attached hydrogen (secondary N) is 1. The highest BCUT2D eigenvalue weighted by molar-refractivity contribution is 5.92. The van der Waals surface area contributed by atoms with Gasteiger partial charge in [-0.05, 0) is 48.2 Å². The van der Waals surface area contributed by atoms with E-state index in [2.05, 4.69) is 5.32 Å². The van der Waals surface area contributed by atoms with E-state index in [0.717, 1.165) is 27.9 Å². The van der Waals surface area contributed by atoms with Gasteiger partial charge in [0, 0.05) is 18.8 Å². The van der Waals surface area contributed by atoms with Gasteiger partial charge >= 0.3 is 0 Å². The van der Waals surface area contributed by atoms with Crippen molar-refractivity contribution in [1.82, 2.24) is 4.90 Å². The van der Waals surface area contributed by atoms with Gasteiger partial charge in [-0.2, -0.15) is 0 Å². The Morgan fingerprint density at radius 1 is 1.12 bits per heavy atom. The summed E-state index contributed by atoms with van der Waals surface area (Å²) in [7, 11) is 0. The van der Waals surface area contributed by atoms with Crippen LogP contribution in [-0.2, 0) is 9.59 Å². The molecule has 0 unspecified atom stereocenters. The molecule has 25 heavy (non-hydrogen) atoms. The van der Waals surface area contributed by atoms with Gasteiger partial charge < -0.3 is 10.2 Å². The number of carbonyl (C=O) groups excluding carboxylic acids is 2. The number of hydrogen-bond donors (Lipinski definition) is 1. The monoisotopic (exact) mass is 334 g/mol. The standard InChI is InChI=1S/C21H22N2O2/c1-14-8-9-15(2)19(12-14)22-21(25)13-20-18-7-5-4-6-17(18)10-11-23(20)16(3)24/h4-12,20H,13H2,1-3H3,(H,22,25)/t20-/m0/s1. The number of hydrogen-bond acceptors (Lipinski definition) is 2. The minimum absolute atomic E-state index is 0.0738. The molecule has 1 aliphatic rings. The zero-order chi connectivity index (χ0) is 18.0. The van der Waals surface area contributed by atoms with Gasteiger partial charge in [0.15, 0.2) is 0 Å². The van der Waals surface area contributed by atoms with Gasteiger partial charge in [0.2, 0.25) is 11.8 Å². The third-order valence-electron chi connectivity index (χ3n) is 4.52. The van der Waals surface area contributed by atoms with Crippen molar-refractivity contribution in [2.24, 2.45) is 0 Å². The summed E-state index contributed by atoms with van der Waals surface area (Å²) in [5, 5.41) is 2.99. The molecular weight excluding hydrogens is 312 g/mol. The number of aryl methyl sites for hydroxylation is 2. The summed E-state index contributed by atoms with van der Waals surface area (Å²) in [6.45, 7) is 5.48. The summed E-state index contributed by atoms with van der Waals surface area (Å²) in [4.78, 5) is 26.3. The molecular formula is C21H22N2O2. The lowest BCUT2D eigenvalue weighted by atomic mass is 9.93. The number of carbonyl (C=O) groups is 2. The van der Waals surface area contributed by atoms with E-state index in [1.54, 1.807) is 11.1 Å². The molecule has 0 aromatic heterocycles. The molecule has 1 heterocycles. The largest absolute Gasteiger partial charge is 0.326 e. The molecule has 3 rings (SSSR count). The topological polar surface area (TPSA) is 49.4 Å². The van der Waals surface area contributed by atoms with E-state index >= 15 is 0 Å². The van der Waals surface area contributed by atoms with E-state index < -0.39 is 0 Å². The average molecular weight is 334 g/mol. The SMILES string of the molecule is CC(=O)N1C=Cc2ccccc2[C@@H]1CC(=O)Nc1cc(C)ccc1C. The van der Waals surface area contributed by atoms with Crippen LogP contribution in [0, 0.1) is 13.8 Å². The molecule has 2 amide bonds. The molecule has 2 aromatic rings. The highest BCUT2D eigenvalue weighted by Gasteiger charge is 2.28. The Kier molecular flexibility index (Phi) is 4.70. The summed E-state index contributed by atoms with van der Waals surface area (Å²) in [5.74, 6) is -0.176. The van der Waals surface area contributed by atoms with Gasteiger partial charge in [0.25, 0.3) is 0 Å². The van der Waals surface area contributed by atoms with Crippen LogP contribution in [0.4, 0.5) is 5.69 Å². The van der Waals surface area contributed by atoms with Crippen LogP contribution >= 0.6 is 0 Å². The van der Waals surface area contributed by atoms with Crippen molar-refractivity contribution >= 4 is 23.6 Å². The first kappa shape index (κ1) is 17.0. The van der Waals surface area contributed by atoms with E-state index in [1.165, 1.54) is 6.92 Å². The molecule has 4 heteroatoms. The van der Waals surface area contributed by atoms with Crippen LogP contribution in [0.5, 0.6) is 0 Å². The highest BCUT2D eigenvalue weighted by atomic mass is 16.2. The second-order valence-corrected chi connectivity index (χ2v) is 6.46. The number of amides is 2. The Morgan fingerprint density at radius 3 is 2.64 bits per heavy atom. The predicted molar refractivity (Wildman–Crippen MR) is 99.9 cm³/mol. The second kappa shape index (κ2) is 6.93. The van der Waals surface area contributed by atoms with Crippen molar-refractivity contribution in [1.29, 1.82) is 0 Å². The molecule has 0 saturated heterocycles. The number of benzene rings is 2. The Labute approximate surface area is 148 Å². The van der Waals surface area contributed by atoms with Crippen molar-refractivity contribution in [3.05, 3.63) is 70.9 Å². The van der Waals surface area contributed by atoms with Crippen molar-refractivity contribution in [3.63, 3.8) is 0 Å². The normalized spacial score (nSPS) is 15.6. The fourth-order valence-corrected chi connectivity index (χ4v) is 3.16. The molecule has 0 saturated carbocycles. The highest BCUT2D eigenvalue weighted by Crippen LogP contribution is 2.33. The first-order valence-electron chi connectivity index (χ1n) is 8.39. The quantitative estimate of drug-likeness (QED) is 0.914. The predicted octanol–water partition coefficient (Wildman–Crippen LogP) is 4.21. The Balaban J connectivity index is 1.84. The number of rotatable bonds is 3. The van der Waals surface area contributed by atoms with Crippen LogP contribution in [0.1, 0.15) is 41.6 Å². The molecule has 0 spiro atoms. The van der Waals surface area contributed by atoms with E-state index in [0.29, 0.717) is 0 Å². The summed E-state index contributed by atoms with van der Waals surface area (Å²) in [6, 6.07) is 13.6. The van der Waals surface area contributed by atoms with Crippen LogP contribution in [0.15, 0.2) is 48.7 Å². The number of anilines is 1. The summed E-state index contributed by atoms with van der Waals surface area (Å²) >= 11 is 0. The van der Waals surface area contributed by atoms with Crippen LogP contribution < -0.4 is 5.32 Å². The van der Waals surface area contributed by atoms with Gasteiger partial charge in [0.1, 0.15) is 0 Å². The van der Waals surface area contributed by atoms with Gasteiger partial charge in [-0.3, -0.25) is 9.59 Å². The lowest BCUT2D eigenvalue weighted by Crippen LogP contribution is -2.33. The molecule has 1 atom stereocenters. The van der Waals surface area contributed by atoms with Crippen LogP contribution in [0.25, 0.3) is 6.08 Å². The fraction of sp³-hybridized carbons (Fsp3) is 0.238. The maximum atomic E-state index is 12.6. The maximum Gasteiger partial charge on any atom is 0.226 e. The van der Waals surface area contributed by atoms with Crippen molar-refractivity contribution in [3.8, 4) is 0 Å². The Hall–Kier alpha value is -2.88. The van der Waals surface area contributed by atoms with E-state index in [-0.39, 0.29) is 24.3 Å². The lowest BCUT2D eigenvalue weighted by molar-refractivity contribution is -0.129. The van der Waals surface area contributed by atoms with Crippen molar-refractivity contribution < 1.29 is 9.59 Å². The first-order valence-corrected chi connectivity index (χ1v) is 8.39. The third-order valence-corrected chi connectivity index (χ3v) is 4.52. The van der Waals surface area contributed by atoms with Crippen LogP contribution in [-0.4, -0.2) is 16.7 Å². The minimum Gasteiger partial charge on any atom is -0.326 e. The van der Waals surface area contributed by atoms with Crippen molar-refractivity contribution in [2.45, 2.75) is 33.2 Å². The van der Waals surface area contributed by atoms with E-state index in [9.17, 15) is 9.59 Å². The zero-order valence-corrected chi connectivity index (χ0v) is 14.7. The number of nitrogens with zero attached hydrogens (tertiary/aromatic N) is 1. The Morgan fingerprint density at radius 2 is 1.88 bits per heavy atom. The maximum absolute atomic E-state index is 12.6. The summed E-state index contributed by atoms with van der Waals surface area (Å²) < 4.78 is 0. The van der Waals surface area contributed by atoms with Gasteiger partial charge in [-0.15, -0.1) is 0 Å². The van der Waals surface area contributed by atoms with Crippen LogP contribution in [0.3, 0.4) is 0 Å². The van der Waals surface area contributed by atoms with E-state index in [4.69, 9.17) is 0 Å². The zero-order valence-electron chi connectivity index (χ0n) is 14.7. The third kappa shape index (κ3) is 3.63. The first-order chi connectivity index (χ1) is 12.0. The second-order valence-electron chi connectivity index (χ2n) is 6.46. The molecule has 1 aliphatic heterocycles. The molecule has 128 valence electrons. The summed E-state index contributed by atoms with van der Waals surface area (Å²) in [5.41, 5.74) is 4.98. The lowest BCUT2D eigenvalue weighted by Gasteiger charge is -2.32. The molecule has 0 bridgehead atoms. The summed E-state index contributed by atoms with van der Waals surface area (Å²) in [6.07, 6.45) is 3.89. The molecule has 4 nitrogen and oxygen atoms in total. The molecule has 1 N–H and O–H groups in total. The van der Waals surface area contributed by atoms with Crippen LogP contribution in [0.2, 0.25) is 0 Å². The smallest absolute Gasteiger partial charge is 0.226 e. The van der Waals surface area contributed by atoms with Gasteiger partial charge in [-0.1, -0.05) is 36.4 Å². The average Bonchev–Trinajstić information content (AvgIpc) is 2.58. The van der Waals surface area contributed by atoms with E-state index in [1.807, 2.05) is 62.4 Å². The van der Waals surface area contributed by atoms with Gasteiger partial charge in [-0.25, -0.2) is 0 Å². The Bertz CT molecular complexity index is 855. The van der Waals surface area contributed by atoms with Crippen molar-refractivity contribution in [2.75, 3.05) is 5.32 Å². The molecule has 2 aromatic carbocycles. The molecule has 0 fully saturated rings. The van der Waals surface area contributed by atoms with Gasteiger partial charge in [0.05, 0.1) is 12.5 Å². The fourth-order valence-electron chi connectivity index (χ4n) is 3.16. The molecule has 0 radical (unpaired) electrons.